The molecule has 0 spiro atoms. The Morgan fingerprint density at radius 1 is 1.28 bits per heavy atom. The van der Waals surface area contributed by atoms with Crippen molar-refractivity contribution in [2.45, 2.75) is 13.1 Å². The first-order valence-corrected chi connectivity index (χ1v) is 4.96. The molecule has 0 aromatic carbocycles. The molecule has 5 nitrogen and oxygen atoms in total. The lowest BCUT2D eigenvalue weighted by Gasteiger charge is -2.27. The zero-order valence-electron chi connectivity index (χ0n) is 10.1. The number of rotatable bonds is 5. The number of halogens is 3. The van der Waals surface area contributed by atoms with Crippen molar-refractivity contribution in [1.29, 1.82) is 0 Å². The molecule has 0 radical (unpaired) electrons. The van der Waals surface area contributed by atoms with Crippen LogP contribution in [0.25, 0.3) is 0 Å². The maximum atomic E-state index is 12.2. The van der Waals surface area contributed by atoms with Crippen LogP contribution in [0.15, 0.2) is 12.2 Å². The SMILES string of the molecule is C=C(C)CN(C)C(=O)N(CC(=O)O)CC(F)(F)F. The Balaban J connectivity index is 4.78. The molecule has 18 heavy (non-hydrogen) atoms. The summed E-state index contributed by atoms with van der Waals surface area (Å²) in [6.45, 7) is 2.59. The Hall–Kier alpha value is -1.73. The summed E-state index contributed by atoms with van der Waals surface area (Å²) in [4.78, 5) is 23.3. The van der Waals surface area contributed by atoms with Gasteiger partial charge in [0.05, 0.1) is 0 Å². The van der Waals surface area contributed by atoms with Crippen molar-refractivity contribution in [2.24, 2.45) is 0 Å². The number of carbonyl (C=O) groups is 2. The number of carboxylic acid groups (broad SMARTS) is 1. The maximum Gasteiger partial charge on any atom is 0.406 e. The largest absolute Gasteiger partial charge is 0.480 e. The second-order valence-corrected chi connectivity index (χ2v) is 3.96. The fourth-order valence-electron chi connectivity index (χ4n) is 1.28. The number of likely N-dealkylation sites (N-methyl/N-ethyl adjacent to an activating group) is 1. The average molecular weight is 268 g/mol. The molecule has 0 aliphatic rings. The molecule has 2 amide bonds. The molecule has 0 aromatic heterocycles. The van der Waals surface area contributed by atoms with Crippen LogP contribution in [0.5, 0.6) is 0 Å². The van der Waals surface area contributed by atoms with Gasteiger partial charge in [-0.05, 0) is 6.92 Å². The van der Waals surface area contributed by atoms with Gasteiger partial charge in [0.15, 0.2) is 0 Å². The van der Waals surface area contributed by atoms with Crippen LogP contribution in [0.2, 0.25) is 0 Å². The van der Waals surface area contributed by atoms with E-state index < -0.39 is 31.3 Å². The number of urea groups is 1. The molecular weight excluding hydrogens is 253 g/mol. The van der Waals surface area contributed by atoms with E-state index >= 15 is 0 Å². The summed E-state index contributed by atoms with van der Waals surface area (Å²) in [5.41, 5.74) is 0.577. The fourth-order valence-corrected chi connectivity index (χ4v) is 1.28. The van der Waals surface area contributed by atoms with E-state index in [0.29, 0.717) is 5.57 Å². The smallest absolute Gasteiger partial charge is 0.406 e. The van der Waals surface area contributed by atoms with E-state index in [2.05, 4.69) is 6.58 Å². The molecule has 1 N–H and O–H groups in total. The van der Waals surface area contributed by atoms with E-state index in [1.54, 1.807) is 6.92 Å². The highest BCUT2D eigenvalue weighted by atomic mass is 19.4. The lowest BCUT2D eigenvalue weighted by Crippen LogP contribution is -2.48. The van der Waals surface area contributed by atoms with Crippen LogP contribution < -0.4 is 0 Å². The quantitative estimate of drug-likeness (QED) is 0.770. The first-order chi connectivity index (χ1) is 8.03. The van der Waals surface area contributed by atoms with Crippen molar-refractivity contribution in [3.63, 3.8) is 0 Å². The monoisotopic (exact) mass is 268 g/mol. The molecule has 104 valence electrons. The van der Waals surface area contributed by atoms with Crippen LogP contribution in [-0.2, 0) is 4.79 Å². The second kappa shape index (κ2) is 6.27. The maximum absolute atomic E-state index is 12.2. The number of aliphatic carboxylic acids is 1. The molecule has 0 aliphatic carbocycles. The van der Waals surface area contributed by atoms with Crippen molar-refractivity contribution in [3.05, 3.63) is 12.2 Å². The topological polar surface area (TPSA) is 60.9 Å². The molecule has 0 atom stereocenters. The summed E-state index contributed by atoms with van der Waals surface area (Å²) in [6.07, 6.45) is -4.64. The van der Waals surface area contributed by atoms with Crippen LogP contribution in [-0.4, -0.2) is 59.8 Å². The first kappa shape index (κ1) is 16.3. The van der Waals surface area contributed by atoms with Crippen LogP contribution >= 0.6 is 0 Å². The number of nitrogens with zero attached hydrogens (tertiary/aromatic N) is 2. The van der Waals surface area contributed by atoms with Gasteiger partial charge in [0.1, 0.15) is 13.1 Å². The van der Waals surface area contributed by atoms with Gasteiger partial charge in [0, 0.05) is 13.6 Å². The molecule has 0 aliphatic heterocycles. The van der Waals surface area contributed by atoms with Gasteiger partial charge in [0.25, 0.3) is 0 Å². The molecule has 0 heterocycles. The Labute approximate surface area is 102 Å². The third-order valence-electron chi connectivity index (χ3n) is 1.80. The summed E-state index contributed by atoms with van der Waals surface area (Å²) in [5.74, 6) is -1.50. The van der Waals surface area contributed by atoms with E-state index in [1.165, 1.54) is 7.05 Å². The van der Waals surface area contributed by atoms with Gasteiger partial charge in [-0.1, -0.05) is 12.2 Å². The van der Waals surface area contributed by atoms with E-state index in [1.807, 2.05) is 0 Å². The molecule has 0 fully saturated rings. The van der Waals surface area contributed by atoms with E-state index in [9.17, 15) is 22.8 Å². The molecule has 8 heteroatoms. The Morgan fingerprint density at radius 3 is 2.11 bits per heavy atom. The Kier molecular flexibility index (Phi) is 5.67. The highest BCUT2D eigenvalue weighted by Crippen LogP contribution is 2.17. The van der Waals surface area contributed by atoms with Gasteiger partial charge in [-0.3, -0.25) is 4.79 Å². The Morgan fingerprint density at radius 2 is 1.78 bits per heavy atom. The summed E-state index contributed by atoms with van der Waals surface area (Å²) in [7, 11) is 1.28. The summed E-state index contributed by atoms with van der Waals surface area (Å²) < 4.78 is 36.7. The number of hydrogen-bond donors (Lipinski definition) is 1. The molecule has 0 bridgehead atoms. The zero-order chi connectivity index (χ0) is 14.5. The van der Waals surface area contributed by atoms with Gasteiger partial charge in [-0.2, -0.15) is 13.2 Å². The summed E-state index contributed by atoms with van der Waals surface area (Å²) in [6, 6.07) is -1.00. The second-order valence-electron chi connectivity index (χ2n) is 3.96. The van der Waals surface area contributed by atoms with E-state index in [0.717, 1.165) is 4.90 Å². The van der Waals surface area contributed by atoms with Crippen LogP contribution in [0.4, 0.5) is 18.0 Å². The van der Waals surface area contributed by atoms with Gasteiger partial charge in [0.2, 0.25) is 0 Å². The minimum atomic E-state index is -4.64. The highest BCUT2D eigenvalue weighted by molar-refractivity contribution is 5.80. The minimum Gasteiger partial charge on any atom is -0.480 e. The predicted octanol–water partition coefficient (Wildman–Crippen LogP) is 1.56. The predicted molar refractivity (Wildman–Crippen MR) is 58.1 cm³/mol. The normalized spacial score (nSPS) is 10.9. The minimum absolute atomic E-state index is 0.0623. The third-order valence-corrected chi connectivity index (χ3v) is 1.80. The molecule has 0 aromatic rings. The molecule has 0 rings (SSSR count). The van der Waals surface area contributed by atoms with Crippen molar-refractivity contribution in [1.82, 2.24) is 9.80 Å². The average Bonchev–Trinajstić information content (AvgIpc) is 2.11. The van der Waals surface area contributed by atoms with E-state index in [4.69, 9.17) is 5.11 Å². The number of carbonyl (C=O) groups excluding carboxylic acids is 1. The third kappa shape index (κ3) is 6.77. The highest BCUT2D eigenvalue weighted by Gasteiger charge is 2.34. The molecular formula is C10H15F3N2O3. The number of hydrogen-bond acceptors (Lipinski definition) is 2. The Bertz CT molecular complexity index is 342. The van der Waals surface area contributed by atoms with Crippen molar-refractivity contribution in [3.8, 4) is 0 Å². The molecule has 0 saturated heterocycles. The van der Waals surface area contributed by atoms with Crippen LogP contribution in [0.1, 0.15) is 6.92 Å². The van der Waals surface area contributed by atoms with Gasteiger partial charge in [-0.15, -0.1) is 0 Å². The number of carboxylic acids is 1. The first-order valence-electron chi connectivity index (χ1n) is 4.96. The molecule has 0 saturated carbocycles. The van der Waals surface area contributed by atoms with Crippen molar-refractivity contribution < 1.29 is 27.9 Å². The lowest BCUT2D eigenvalue weighted by atomic mass is 10.3. The van der Waals surface area contributed by atoms with Crippen molar-refractivity contribution >= 4 is 12.0 Å². The standard InChI is InChI=1S/C10H15F3N2O3/c1-7(2)4-14(3)9(18)15(5-8(16)17)6-10(11,12)13/h1,4-6H2,2-3H3,(H,16,17). The number of amides is 2. The van der Waals surface area contributed by atoms with Crippen molar-refractivity contribution in [2.75, 3.05) is 26.7 Å². The lowest BCUT2D eigenvalue weighted by molar-refractivity contribution is -0.149. The zero-order valence-corrected chi connectivity index (χ0v) is 10.1. The van der Waals surface area contributed by atoms with Crippen LogP contribution in [0.3, 0.4) is 0 Å². The van der Waals surface area contributed by atoms with Gasteiger partial charge in [-0.25, -0.2) is 4.79 Å². The molecule has 0 unspecified atom stereocenters. The van der Waals surface area contributed by atoms with Gasteiger partial charge < -0.3 is 14.9 Å². The van der Waals surface area contributed by atoms with Crippen LogP contribution in [0, 0.1) is 0 Å². The number of alkyl halides is 3. The fraction of sp³-hybridized carbons (Fsp3) is 0.600. The van der Waals surface area contributed by atoms with Gasteiger partial charge >= 0.3 is 18.2 Å². The van der Waals surface area contributed by atoms with E-state index in [-0.39, 0.29) is 11.4 Å². The summed E-state index contributed by atoms with van der Waals surface area (Å²) in [5, 5.41) is 8.50. The summed E-state index contributed by atoms with van der Waals surface area (Å²) >= 11 is 0.